The van der Waals surface area contributed by atoms with Crippen molar-refractivity contribution in [1.82, 2.24) is 4.90 Å². The summed E-state index contributed by atoms with van der Waals surface area (Å²) in [7, 11) is 0. The molecule has 27 heavy (non-hydrogen) atoms. The molecule has 0 amide bonds. The number of halogens is 5. The van der Waals surface area contributed by atoms with Gasteiger partial charge in [-0.25, -0.2) is 13.2 Å². The van der Waals surface area contributed by atoms with E-state index in [1.54, 1.807) is 6.92 Å². The van der Waals surface area contributed by atoms with Gasteiger partial charge in [-0.05, 0) is 30.9 Å². The molecule has 2 aromatic rings. The summed E-state index contributed by atoms with van der Waals surface area (Å²) in [6.07, 6.45) is 1.85. The van der Waals surface area contributed by atoms with E-state index in [4.69, 9.17) is 28.9 Å². The topological polar surface area (TPSA) is 29.3 Å². The first-order chi connectivity index (χ1) is 12.7. The zero-order chi connectivity index (χ0) is 19.9. The molecular formula is C20H19Cl2F3N2. The van der Waals surface area contributed by atoms with E-state index >= 15 is 0 Å². The van der Waals surface area contributed by atoms with Crippen molar-refractivity contribution in [2.75, 3.05) is 0 Å². The second-order valence-electron chi connectivity index (χ2n) is 6.79. The molecule has 0 aromatic heterocycles. The van der Waals surface area contributed by atoms with Gasteiger partial charge in [0.15, 0.2) is 17.5 Å². The third-order valence-electron chi connectivity index (χ3n) is 4.86. The predicted octanol–water partition coefficient (Wildman–Crippen LogP) is 6.07. The van der Waals surface area contributed by atoms with Crippen LogP contribution in [0.4, 0.5) is 13.2 Å². The zero-order valence-corrected chi connectivity index (χ0v) is 16.2. The molecule has 2 N–H and O–H groups in total. The summed E-state index contributed by atoms with van der Waals surface area (Å²) in [6.45, 7) is 5.83. The fraction of sp³-hybridized carbons (Fsp3) is 0.300. The molecule has 0 bridgehead atoms. The second-order valence-corrected chi connectivity index (χ2v) is 7.54. The van der Waals surface area contributed by atoms with E-state index in [-0.39, 0.29) is 11.6 Å². The largest absolute Gasteiger partial charge is 0.399 e. The molecule has 1 aliphatic carbocycles. The van der Waals surface area contributed by atoms with Gasteiger partial charge in [0.25, 0.3) is 0 Å². The van der Waals surface area contributed by atoms with Crippen molar-refractivity contribution < 1.29 is 13.2 Å². The second kappa shape index (κ2) is 7.74. The Morgan fingerprint density at radius 3 is 2.07 bits per heavy atom. The molecule has 1 unspecified atom stereocenters. The monoisotopic (exact) mass is 414 g/mol. The van der Waals surface area contributed by atoms with Gasteiger partial charge >= 0.3 is 0 Å². The molecular weight excluding hydrogens is 396 g/mol. The quantitative estimate of drug-likeness (QED) is 0.459. The van der Waals surface area contributed by atoms with Gasteiger partial charge in [0.05, 0.1) is 0 Å². The number of nitrogens with two attached hydrogens (primary N) is 1. The van der Waals surface area contributed by atoms with Crippen LogP contribution in [0.5, 0.6) is 0 Å². The van der Waals surface area contributed by atoms with Gasteiger partial charge in [-0.15, -0.1) is 0 Å². The number of rotatable bonds is 6. The van der Waals surface area contributed by atoms with Crippen LogP contribution in [0.3, 0.4) is 0 Å². The van der Waals surface area contributed by atoms with Gasteiger partial charge in [-0.3, -0.25) is 4.90 Å². The van der Waals surface area contributed by atoms with E-state index in [1.165, 1.54) is 0 Å². The average Bonchev–Trinajstić information content (AvgIpc) is 3.48. The minimum Gasteiger partial charge on any atom is -0.399 e. The molecule has 0 saturated heterocycles. The number of hydrogen-bond donors (Lipinski definition) is 1. The minimum atomic E-state index is -1.28. The van der Waals surface area contributed by atoms with Crippen LogP contribution in [-0.4, -0.2) is 10.9 Å². The van der Waals surface area contributed by atoms with Crippen LogP contribution in [0.15, 0.2) is 30.8 Å². The summed E-state index contributed by atoms with van der Waals surface area (Å²) >= 11 is 11.3. The maximum atomic E-state index is 14.6. The van der Waals surface area contributed by atoms with Gasteiger partial charge in [-0.1, -0.05) is 54.0 Å². The Morgan fingerprint density at radius 1 is 1.11 bits per heavy atom. The first-order valence-electron chi connectivity index (χ1n) is 8.53. The summed E-state index contributed by atoms with van der Waals surface area (Å²) < 4.78 is 42.9. The normalized spacial score (nSPS) is 15.2. The molecule has 3 rings (SSSR count). The highest BCUT2D eigenvalue weighted by molar-refractivity contribution is 6.35. The molecule has 1 saturated carbocycles. The summed E-state index contributed by atoms with van der Waals surface area (Å²) in [6, 6.07) is 7.00. The summed E-state index contributed by atoms with van der Waals surface area (Å²) in [4.78, 5) is 1.97. The number of nitrogens with zero attached hydrogens (tertiary/aromatic N) is 1. The van der Waals surface area contributed by atoms with E-state index in [1.807, 2.05) is 29.2 Å². The Bertz CT molecular complexity index is 851. The van der Waals surface area contributed by atoms with E-state index in [9.17, 15) is 13.2 Å². The molecule has 7 heteroatoms. The Balaban J connectivity index is 1.93. The van der Waals surface area contributed by atoms with Crippen molar-refractivity contribution in [2.45, 2.75) is 38.4 Å². The molecule has 2 nitrogen and oxygen atoms in total. The third-order valence-corrected chi connectivity index (χ3v) is 5.53. The number of hydrogen-bond acceptors (Lipinski definition) is 2. The van der Waals surface area contributed by atoms with Gasteiger partial charge in [0.1, 0.15) is 10.0 Å². The van der Waals surface area contributed by atoms with Crippen molar-refractivity contribution >= 4 is 28.9 Å². The smallest absolute Gasteiger partial charge is 0.166 e. The van der Waals surface area contributed by atoms with Crippen LogP contribution in [0.2, 0.25) is 10.0 Å². The van der Waals surface area contributed by atoms with Crippen molar-refractivity contribution in [1.29, 1.82) is 0 Å². The lowest BCUT2D eigenvalue weighted by molar-refractivity contribution is 0.183. The molecule has 1 fully saturated rings. The highest BCUT2D eigenvalue weighted by Gasteiger charge is 2.36. The molecule has 1 atom stereocenters. The molecule has 144 valence electrons. The third kappa shape index (κ3) is 3.96. The Hall–Kier alpha value is -1.69. The lowest BCUT2D eigenvalue weighted by Gasteiger charge is -2.30. The fourth-order valence-electron chi connectivity index (χ4n) is 3.18. The van der Waals surface area contributed by atoms with E-state index < -0.39 is 33.5 Å². The molecule has 0 radical (unpaired) electrons. The molecule has 0 spiro atoms. The van der Waals surface area contributed by atoms with Crippen molar-refractivity contribution in [3.8, 4) is 0 Å². The number of benzene rings is 2. The highest BCUT2D eigenvalue weighted by Crippen LogP contribution is 2.41. The highest BCUT2D eigenvalue weighted by atomic mass is 35.5. The fourth-order valence-corrected chi connectivity index (χ4v) is 3.62. The lowest BCUT2D eigenvalue weighted by Crippen LogP contribution is -2.30. The van der Waals surface area contributed by atoms with Crippen LogP contribution in [0.25, 0.3) is 5.70 Å². The van der Waals surface area contributed by atoms with Crippen molar-refractivity contribution in [2.24, 2.45) is 5.73 Å². The van der Waals surface area contributed by atoms with E-state index in [0.29, 0.717) is 12.2 Å². The summed E-state index contributed by atoms with van der Waals surface area (Å²) in [5.41, 5.74) is 7.61. The molecule has 1 aliphatic rings. The minimum absolute atomic E-state index is 0.186. The van der Waals surface area contributed by atoms with E-state index in [2.05, 4.69) is 6.58 Å². The SMILES string of the molecule is C=C(N)c1ccc(CN(C2CC2)C(C)c2c(F)c(Cl)c(F)c(Cl)c2F)cc1. The maximum Gasteiger partial charge on any atom is 0.166 e. The van der Waals surface area contributed by atoms with Crippen LogP contribution in [0, 0.1) is 17.5 Å². The molecule has 0 heterocycles. The molecule has 2 aromatic carbocycles. The van der Waals surface area contributed by atoms with Crippen LogP contribution in [0.1, 0.15) is 42.5 Å². The zero-order valence-electron chi connectivity index (χ0n) is 14.7. The summed E-state index contributed by atoms with van der Waals surface area (Å²) in [5.74, 6) is -3.49. The van der Waals surface area contributed by atoms with Gasteiger partial charge in [0, 0.05) is 29.9 Å². The van der Waals surface area contributed by atoms with Crippen molar-refractivity contribution in [3.05, 3.63) is 75.0 Å². The maximum absolute atomic E-state index is 14.6. The van der Waals surface area contributed by atoms with E-state index in [0.717, 1.165) is 24.0 Å². The first-order valence-corrected chi connectivity index (χ1v) is 9.28. The first kappa shape index (κ1) is 20.1. The van der Waals surface area contributed by atoms with Crippen LogP contribution >= 0.6 is 23.2 Å². The standard InChI is InChI=1S/C20H19Cl2F3N2/c1-10(26)13-5-3-12(4-6-13)9-27(14-7-8-14)11(2)15-18(23)16(21)20(25)17(22)19(15)24/h3-6,11,14H,1,7-9,26H2,2H3. The predicted molar refractivity (Wildman–Crippen MR) is 103 cm³/mol. The van der Waals surface area contributed by atoms with Gasteiger partial charge in [-0.2, -0.15) is 0 Å². The molecule has 0 aliphatic heterocycles. The Kier molecular flexibility index (Phi) is 5.75. The van der Waals surface area contributed by atoms with Crippen molar-refractivity contribution in [3.63, 3.8) is 0 Å². The van der Waals surface area contributed by atoms with Crippen LogP contribution < -0.4 is 5.73 Å². The lowest BCUT2D eigenvalue weighted by atomic mass is 10.0. The van der Waals surface area contributed by atoms with Gasteiger partial charge < -0.3 is 5.73 Å². The van der Waals surface area contributed by atoms with Gasteiger partial charge in [0.2, 0.25) is 0 Å². The van der Waals surface area contributed by atoms with Crippen LogP contribution in [-0.2, 0) is 6.54 Å². The Labute approximate surface area is 166 Å². The average molecular weight is 415 g/mol. The summed E-state index contributed by atoms with van der Waals surface area (Å²) in [5, 5.41) is -1.57. The Morgan fingerprint density at radius 2 is 1.63 bits per heavy atom.